The Kier molecular flexibility index (Phi) is 6.40. The number of hydrogen-bond acceptors (Lipinski definition) is 3. The van der Waals surface area contributed by atoms with Crippen molar-refractivity contribution in [2.75, 3.05) is 18.8 Å². The number of benzene rings is 1. The lowest BCUT2D eigenvalue weighted by atomic mass is 9.91. The molecule has 1 amide bonds. The maximum atomic E-state index is 12.5. The number of carbonyl (C=O) groups is 1. The Morgan fingerprint density at radius 3 is 2.61 bits per heavy atom. The van der Waals surface area contributed by atoms with E-state index in [0.29, 0.717) is 5.41 Å². The van der Waals surface area contributed by atoms with E-state index in [1.807, 2.05) is 11.8 Å². The first-order chi connectivity index (χ1) is 10.6. The van der Waals surface area contributed by atoms with Gasteiger partial charge in [-0.3, -0.25) is 4.79 Å². The second-order valence-corrected chi connectivity index (χ2v) is 7.94. The molecule has 1 saturated carbocycles. The van der Waals surface area contributed by atoms with Crippen LogP contribution in [0, 0.1) is 11.3 Å². The first-order valence-corrected chi connectivity index (χ1v) is 9.37. The number of piperidine rings is 1. The summed E-state index contributed by atoms with van der Waals surface area (Å²) < 4.78 is 0. The molecule has 2 fully saturated rings. The van der Waals surface area contributed by atoms with Crippen LogP contribution in [0.1, 0.15) is 44.7 Å². The molecule has 1 spiro atoms. The van der Waals surface area contributed by atoms with Gasteiger partial charge in [0.2, 0.25) is 5.91 Å². The maximum Gasteiger partial charge on any atom is 0.224 e. The second kappa shape index (κ2) is 7.91. The third-order valence-electron chi connectivity index (χ3n) is 5.16. The van der Waals surface area contributed by atoms with Crippen LogP contribution in [-0.2, 0) is 4.79 Å². The fourth-order valence-corrected chi connectivity index (χ4v) is 4.27. The number of rotatable bonds is 5. The van der Waals surface area contributed by atoms with Gasteiger partial charge in [0.1, 0.15) is 0 Å². The van der Waals surface area contributed by atoms with E-state index in [4.69, 9.17) is 0 Å². The summed E-state index contributed by atoms with van der Waals surface area (Å²) in [6.45, 7) is 6.37. The maximum absolute atomic E-state index is 12.5. The first kappa shape index (κ1) is 18.6. The molecule has 0 bridgehead atoms. The third-order valence-corrected chi connectivity index (χ3v) is 6.05. The van der Waals surface area contributed by atoms with E-state index in [9.17, 15) is 4.79 Å². The van der Waals surface area contributed by atoms with E-state index >= 15 is 0 Å². The molecule has 2 unspecified atom stereocenters. The van der Waals surface area contributed by atoms with Gasteiger partial charge in [0, 0.05) is 10.8 Å². The number of carbonyl (C=O) groups excluding carboxylic acids is 1. The van der Waals surface area contributed by atoms with Crippen molar-refractivity contribution in [3.63, 3.8) is 0 Å². The highest BCUT2D eigenvalue weighted by molar-refractivity contribution is 7.99. The molecular weight excluding hydrogens is 328 g/mol. The average molecular weight is 355 g/mol. The minimum atomic E-state index is 0. The Labute approximate surface area is 149 Å². The largest absolute Gasteiger partial charge is 0.349 e. The summed E-state index contributed by atoms with van der Waals surface area (Å²) in [4.78, 5) is 13.8. The predicted octanol–water partition coefficient (Wildman–Crippen LogP) is 3.79. The highest BCUT2D eigenvalue weighted by Crippen LogP contribution is 2.58. The quantitative estimate of drug-likeness (QED) is 0.790. The smallest absolute Gasteiger partial charge is 0.224 e. The lowest BCUT2D eigenvalue weighted by Crippen LogP contribution is -2.34. The molecule has 128 valence electrons. The van der Waals surface area contributed by atoms with Gasteiger partial charge >= 0.3 is 0 Å². The molecule has 1 aromatic carbocycles. The van der Waals surface area contributed by atoms with Crippen molar-refractivity contribution in [3.05, 3.63) is 29.8 Å². The predicted molar refractivity (Wildman–Crippen MR) is 99.3 cm³/mol. The topological polar surface area (TPSA) is 41.1 Å². The zero-order valence-electron chi connectivity index (χ0n) is 13.9. The van der Waals surface area contributed by atoms with Gasteiger partial charge in [0.15, 0.2) is 0 Å². The van der Waals surface area contributed by atoms with E-state index in [2.05, 4.69) is 48.7 Å². The van der Waals surface area contributed by atoms with Crippen molar-refractivity contribution in [1.29, 1.82) is 0 Å². The average Bonchev–Trinajstić information content (AvgIpc) is 3.22. The molecule has 5 heteroatoms. The Hall–Kier alpha value is -0.710. The Morgan fingerprint density at radius 1 is 1.35 bits per heavy atom. The fraction of sp³-hybridized carbons (Fsp3) is 0.611. The summed E-state index contributed by atoms with van der Waals surface area (Å²) in [6, 6.07) is 8.66. The molecule has 1 aliphatic carbocycles. The van der Waals surface area contributed by atoms with Crippen LogP contribution in [0.3, 0.4) is 0 Å². The van der Waals surface area contributed by atoms with E-state index < -0.39 is 0 Å². The van der Waals surface area contributed by atoms with Crippen LogP contribution in [-0.4, -0.2) is 24.7 Å². The van der Waals surface area contributed by atoms with Gasteiger partial charge in [0.25, 0.3) is 0 Å². The van der Waals surface area contributed by atoms with Gasteiger partial charge < -0.3 is 10.6 Å². The normalized spacial score (nSPS) is 23.0. The van der Waals surface area contributed by atoms with E-state index in [1.54, 1.807) is 0 Å². The number of nitrogens with one attached hydrogen (secondary N) is 2. The van der Waals surface area contributed by atoms with Gasteiger partial charge in [0.05, 0.1) is 6.04 Å². The third kappa shape index (κ3) is 4.23. The molecular formula is C18H27ClN2OS. The SMILES string of the molecule is CCSc1ccc(C(C)NC(=O)C2CC23CCNCC3)cc1.Cl. The second-order valence-electron chi connectivity index (χ2n) is 6.60. The number of halogens is 1. The van der Waals surface area contributed by atoms with Gasteiger partial charge in [-0.15, -0.1) is 24.2 Å². The van der Waals surface area contributed by atoms with E-state index in [0.717, 1.165) is 38.1 Å². The van der Waals surface area contributed by atoms with Gasteiger partial charge in [-0.05, 0) is 68.1 Å². The van der Waals surface area contributed by atoms with Gasteiger partial charge in [-0.2, -0.15) is 0 Å². The number of amides is 1. The minimum absolute atomic E-state index is 0. The lowest BCUT2D eigenvalue weighted by Gasteiger charge is -2.24. The lowest BCUT2D eigenvalue weighted by molar-refractivity contribution is -0.123. The molecule has 1 saturated heterocycles. The standard InChI is InChI=1S/C18H26N2OS.ClH/c1-3-22-15-6-4-14(5-7-15)13(2)20-17(21)16-12-18(16)8-10-19-11-9-18;/h4-7,13,16,19H,3,8-12H2,1-2H3,(H,20,21);1H. The molecule has 1 aromatic rings. The number of thioether (sulfide) groups is 1. The van der Waals surface area contributed by atoms with Crippen molar-refractivity contribution in [2.24, 2.45) is 11.3 Å². The Balaban J connectivity index is 0.00000192. The molecule has 1 aliphatic heterocycles. The van der Waals surface area contributed by atoms with Crippen LogP contribution >= 0.6 is 24.2 Å². The van der Waals surface area contributed by atoms with Crippen LogP contribution in [0.4, 0.5) is 0 Å². The Morgan fingerprint density at radius 2 is 2.00 bits per heavy atom. The summed E-state index contributed by atoms with van der Waals surface area (Å²) in [5, 5.41) is 6.60. The van der Waals surface area contributed by atoms with Crippen LogP contribution < -0.4 is 10.6 Å². The van der Waals surface area contributed by atoms with Crippen molar-refractivity contribution in [1.82, 2.24) is 10.6 Å². The van der Waals surface area contributed by atoms with E-state index in [1.165, 1.54) is 10.5 Å². The van der Waals surface area contributed by atoms with Gasteiger partial charge in [-0.1, -0.05) is 19.1 Å². The van der Waals surface area contributed by atoms with Crippen molar-refractivity contribution in [2.45, 2.75) is 44.0 Å². The molecule has 2 N–H and O–H groups in total. The molecule has 23 heavy (non-hydrogen) atoms. The minimum Gasteiger partial charge on any atom is -0.349 e. The molecule has 2 atom stereocenters. The Bertz CT molecular complexity index is 528. The zero-order valence-corrected chi connectivity index (χ0v) is 15.6. The molecule has 3 nitrogen and oxygen atoms in total. The fourth-order valence-electron chi connectivity index (χ4n) is 3.61. The molecule has 2 aliphatic rings. The van der Waals surface area contributed by atoms with Crippen molar-refractivity contribution < 1.29 is 4.79 Å². The van der Waals surface area contributed by atoms with Gasteiger partial charge in [-0.25, -0.2) is 0 Å². The van der Waals surface area contributed by atoms with Crippen molar-refractivity contribution >= 4 is 30.1 Å². The molecule has 1 heterocycles. The summed E-state index contributed by atoms with van der Waals surface area (Å²) in [7, 11) is 0. The highest BCUT2D eigenvalue weighted by Gasteiger charge is 2.57. The summed E-state index contributed by atoms with van der Waals surface area (Å²) in [6.07, 6.45) is 3.39. The highest BCUT2D eigenvalue weighted by atomic mass is 35.5. The first-order valence-electron chi connectivity index (χ1n) is 8.38. The molecule has 0 radical (unpaired) electrons. The molecule has 0 aromatic heterocycles. The summed E-state index contributed by atoms with van der Waals surface area (Å²) >= 11 is 1.85. The zero-order chi connectivity index (χ0) is 15.6. The van der Waals surface area contributed by atoms with Crippen LogP contribution in [0.25, 0.3) is 0 Å². The van der Waals surface area contributed by atoms with Crippen LogP contribution in [0.2, 0.25) is 0 Å². The summed E-state index contributed by atoms with van der Waals surface area (Å²) in [5.74, 6) is 1.58. The van der Waals surface area contributed by atoms with E-state index in [-0.39, 0.29) is 30.3 Å². The van der Waals surface area contributed by atoms with Crippen LogP contribution in [0.15, 0.2) is 29.2 Å². The molecule has 3 rings (SSSR count). The monoisotopic (exact) mass is 354 g/mol. The number of hydrogen-bond donors (Lipinski definition) is 2. The van der Waals surface area contributed by atoms with Crippen molar-refractivity contribution in [3.8, 4) is 0 Å². The van der Waals surface area contributed by atoms with Crippen LogP contribution in [0.5, 0.6) is 0 Å². The summed E-state index contributed by atoms with van der Waals surface area (Å²) in [5.41, 5.74) is 1.50.